The van der Waals surface area contributed by atoms with Gasteiger partial charge < -0.3 is 15.0 Å². The first-order chi connectivity index (χ1) is 16.1. The summed E-state index contributed by atoms with van der Waals surface area (Å²) in [5.41, 5.74) is 0.947. The molecule has 2 rings (SSSR count). The molecule has 0 spiro atoms. The molecule has 34 heavy (non-hydrogen) atoms. The number of sulfonamides is 1. The number of anilines is 1. The van der Waals surface area contributed by atoms with Crippen LogP contribution < -0.4 is 14.4 Å². The van der Waals surface area contributed by atoms with Crippen LogP contribution in [0.4, 0.5) is 5.69 Å². The Morgan fingerprint density at radius 2 is 1.82 bits per heavy atom. The van der Waals surface area contributed by atoms with E-state index in [0.717, 1.165) is 17.0 Å². The molecule has 2 amide bonds. The van der Waals surface area contributed by atoms with E-state index < -0.39 is 28.5 Å². The number of carbonyl (C=O) groups excluding carboxylic acids is 2. The molecule has 186 valence electrons. The lowest BCUT2D eigenvalue weighted by Gasteiger charge is -2.33. The molecule has 8 nitrogen and oxygen atoms in total. The van der Waals surface area contributed by atoms with E-state index in [1.54, 1.807) is 49.4 Å². The van der Waals surface area contributed by atoms with Gasteiger partial charge in [0.1, 0.15) is 18.3 Å². The number of hydrogen-bond acceptors (Lipinski definition) is 5. The molecule has 10 heteroatoms. The summed E-state index contributed by atoms with van der Waals surface area (Å²) in [6, 6.07) is 12.7. The van der Waals surface area contributed by atoms with Crippen molar-refractivity contribution in [1.82, 2.24) is 10.2 Å². The minimum absolute atomic E-state index is 0.0618. The molecule has 0 aliphatic heterocycles. The van der Waals surface area contributed by atoms with E-state index in [-0.39, 0.29) is 18.1 Å². The Morgan fingerprint density at radius 1 is 1.12 bits per heavy atom. The standard InChI is InChI=1S/C24H32ClN3O5S/c1-5-14-26-24(30)22(6-2)27(16-18-10-7-8-13-21(18)25)23(29)17-28(34(4,31)32)19-11-9-12-20(15-19)33-3/h7-13,15,22H,5-6,14,16-17H2,1-4H3,(H,26,30). The van der Waals surface area contributed by atoms with E-state index in [4.69, 9.17) is 16.3 Å². The Kier molecular flexibility index (Phi) is 10.2. The fourth-order valence-electron chi connectivity index (χ4n) is 3.47. The van der Waals surface area contributed by atoms with E-state index in [9.17, 15) is 18.0 Å². The average Bonchev–Trinajstić information content (AvgIpc) is 2.81. The Labute approximate surface area is 206 Å². The lowest BCUT2D eigenvalue weighted by Crippen LogP contribution is -2.52. The summed E-state index contributed by atoms with van der Waals surface area (Å²) in [5, 5.41) is 3.29. The normalized spacial score (nSPS) is 12.0. The van der Waals surface area contributed by atoms with Crippen LogP contribution in [0.1, 0.15) is 32.3 Å². The van der Waals surface area contributed by atoms with Gasteiger partial charge in [0, 0.05) is 24.2 Å². The van der Waals surface area contributed by atoms with E-state index in [1.807, 2.05) is 6.92 Å². The Hall–Kier alpha value is -2.78. The number of carbonyl (C=O) groups is 2. The smallest absolute Gasteiger partial charge is 0.244 e. The van der Waals surface area contributed by atoms with E-state index >= 15 is 0 Å². The number of nitrogens with one attached hydrogen (secondary N) is 1. The molecule has 2 aromatic rings. The van der Waals surface area contributed by atoms with Crippen molar-refractivity contribution in [2.75, 3.05) is 30.8 Å². The molecule has 0 fully saturated rings. The Morgan fingerprint density at radius 3 is 2.41 bits per heavy atom. The summed E-state index contributed by atoms with van der Waals surface area (Å²) in [6.07, 6.45) is 2.13. The SMILES string of the molecule is CCCNC(=O)C(CC)N(Cc1ccccc1Cl)C(=O)CN(c1cccc(OC)c1)S(C)(=O)=O. The molecule has 1 N–H and O–H groups in total. The average molecular weight is 510 g/mol. The number of hydrogen-bond donors (Lipinski definition) is 1. The number of ether oxygens (including phenoxy) is 1. The van der Waals surface area contributed by atoms with Gasteiger partial charge in [-0.2, -0.15) is 0 Å². The summed E-state index contributed by atoms with van der Waals surface area (Å²) in [7, 11) is -2.34. The predicted molar refractivity (Wildman–Crippen MR) is 135 cm³/mol. The van der Waals surface area contributed by atoms with Crippen LogP contribution >= 0.6 is 11.6 Å². The lowest BCUT2D eigenvalue weighted by atomic mass is 10.1. The number of methoxy groups -OCH3 is 1. The molecule has 2 aromatic carbocycles. The maximum atomic E-state index is 13.6. The zero-order chi connectivity index (χ0) is 25.3. The second-order valence-corrected chi connectivity index (χ2v) is 10.1. The second-order valence-electron chi connectivity index (χ2n) is 7.80. The molecule has 0 radical (unpaired) electrons. The first-order valence-corrected chi connectivity index (χ1v) is 13.3. The van der Waals surface area contributed by atoms with Crippen LogP contribution in [-0.2, 0) is 26.2 Å². The van der Waals surface area contributed by atoms with E-state index in [2.05, 4.69) is 5.32 Å². The minimum Gasteiger partial charge on any atom is -0.497 e. The maximum absolute atomic E-state index is 13.6. The van der Waals surface area contributed by atoms with Crippen LogP contribution in [0.2, 0.25) is 5.02 Å². The van der Waals surface area contributed by atoms with Gasteiger partial charge in [-0.15, -0.1) is 0 Å². The monoisotopic (exact) mass is 509 g/mol. The third-order valence-electron chi connectivity index (χ3n) is 5.25. The highest BCUT2D eigenvalue weighted by Gasteiger charge is 2.32. The first kappa shape index (κ1) is 27.5. The van der Waals surface area contributed by atoms with Crippen molar-refractivity contribution in [2.24, 2.45) is 0 Å². The molecule has 0 heterocycles. The number of rotatable bonds is 12. The van der Waals surface area contributed by atoms with E-state index in [1.165, 1.54) is 18.1 Å². The quantitative estimate of drug-likeness (QED) is 0.472. The molecular weight excluding hydrogens is 478 g/mol. The molecule has 0 bridgehead atoms. The molecule has 0 aliphatic rings. The molecule has 1 unspecified atom stereocenters. The molecule has 0 saturated heterocycles. The van der Waals surface area contributed by atoms with Crippen molar-refractivity contribution < 1.29 is 22.7 Å². The molecule has 1 atom stereocenters. The highest BCUT2D eigenvalue weighted by atomic mass is 35.5. The Balaban J connectivity index is 2.45. The van der Waals surface area contributed by atoms with Crippen LogP contribution in [0, 0.1) is 0 Å². The summed E-state index contributed by atoms with van der Waals surface area (Å²) in [6.45, 7) is 3.80. The maximum Gasteiger partial charge on any atom is 0.244 e. The second kappa shape index (κ2) is 12.6. The molecule has 0 aromatic heterocycles. The number of amides is 2. The van der Waals surface area contributed by atoms with Gasteiger partial charge in [0.25, 0.3) is 0 Å². The van der Waals surface area contributed by atoms with Crippen LogP contribution in [-0.4, -0.2) is 57.6 Å². The van der Waals surface area contributed by atoms with Crippen LogP contribution in [0.5, 0.6) is 5.75 Å². The van der Waals surface area contributed by atoms with Crippen molar-refractivity contribution in [3.8, 4) is 5.75 Å². The van der Waals surface area contributed by atoms with Gasteiger partial charge in [-0.05, 0) is 36.6 Å². The predicted octanol–water partition coefficient (Wildman–Crippen LogP) is 3.45. The van der Waals surface area contributed by atoms with Gasteiger partial charge >= 0.3 is 0 Å². The zero-order valence-corrected chi connectivity index (χ0v) is 21.5. The lowest BCUT2D eigenvalue weighted by molar-refractivity contribution is -0.140. The summed E-state index contributed by atoms with van der Waals surface area (Å²) in [5.74, 6) is -0.361. The highest BCUT2D eigenvalue weighted by Crippen LogP contribution is 2.25. The van der Waals surface area contributed by atoms with Gasteiger partial charge in [0.05, 0.1) is 19.1 Å². The number of benzene rings is 2. The number of halogens is 1. The largest absolute Gasteiger partial charge is 0.497 e. The summed E-state index contributed by atoms with van der Waals surface area (Å²) < 4.78 is 31.5. The molecule has 0 saturated carbocycles. The van der Waals surface area contributed by atoms with Crippen molar-refractivity contribution in [1.29, 1.82) is 0 Å². The summed E-state index contributed by atoms with van der Waals surface area (Å²) >= 11 is 6.33. The van der Waals surface area contributed by atoms with Crippen LogP contribution in [0.15, 0.2) is 48.5 Å². The molecule has 0 aliphatic carbocycles. The fraction of sp³-hybridized carbons (Fsp3) is 0.417. The van der Waals surface area contributed by atoms with Crippen molar-refractivity contribution >= 4 is 39.1 Å². The van der Waals surface area contributed by atoms with Crippen LogP contribution in [0.25, 0.3) is 0 Å². The van der Waals surface area contributed by atoms with Crippen molar-refractivity contribution in [3.63, 3.8) is 0 Å². The molecular formula is C24H32ClN3O5S. The number of nitrogens with zero attached hydrogens (tertiary/aromatic N) is 2. The first-order valence-electron chi connectivity index (χ1n) is 11.0. The van der Waals surface area contributed by atoms with Gasteiger partial charge in [0.15, 0.2) is 0 Å². The fourth-order valence-corrected chi connectivity index (χ4v) is 4.51. The van der Waals surface area contributed by atoms with Crippen molar-refractivity contribution in [3.05, 3.63) is 59.1 Å². The van der Waals surface area contributed by atoms with Gasteiger partial charge in [0.2, 0.25) is 21.8 Å². The zero-order valence-electron chi connectivity index (χ0n) is 20.0. The topological polar surface area (TPSA) is 96.0 Å². The Bertz CT molecular complexity index is 1090. The van der Waals surface area contributed by atoms with Gasteiger partial charge in [-0.25, -0.2) is 8.42 Å². The van der Waals surface area contributed by atoms with Gasteiger partial charge in [-0.3, -0.25) is 13.9 Å². The highest BCUT2D eigenvalue weighted by molar-refractivity contribution is 7.92. The van der Waals surface area contributed by atoms with E-state index in [0.29, 0.717) is 29.3 Å². The van der Waals surface area contributed by atoms with Gasteiger partial charge in [-0.1, -0.05) is 49.7 Å². The summed E-state index contributed by atoms with van der Waals surface area (Å²) in [4.78, 5) is 27.9. The minimum atomic E-state index is -3.82. The third kappa shape index (κ3) is 7.36. The third-order valence-corrected chi connectivity index (χ3v) is 6.76. The van der Waals surface area contributed by atoms with Crippen molar-refractivity contribution in [2.45, 2.75) is 39.3 Å². The van der Waals surface area contributed by atoms with Crippen LogP contribution in [0.3, 0.4) is 0 Å².